The van der Waals surface area contributed by atoms with E-state index in [0.29, 0.717) is 0 Å². The van der Waals surface area contributed by atoms with E-state index in [1.807, 2.05) is 97.1 Å². The Labute approximate surface area is 579 Å². The summed E-state index contributed by atoms with van der Waals surface area (Å²) in [6.07, 6.45) is 9.02. The fraction of sp³-hybridized carbons (Fsp3) is 0.101. The number of hydrogen-bond donors (Lipinski definition) is 0. The minimum atomic E-state index is -0.824. The van der Waals surface area contributed by atoms with Gasteiger partial charge < -0.3 is 47.7 Å². The lowest BCUT2D eigenvalue weighted by Gasteiger charge is -2.32. The van der Waals surface area contributed by atoms with Crippen molar-refractivity contribution in [1.82, 2.24) is 0 Å². The second kappa shape index (κ2) is 28.1. The first-order valence-electron chi connectivity index (χ1n) is 32.7. The summed E-state index contributed by atoms with van der Waals surface area (Å²) in [6, 6.07) is 98.0. The minimum absolute atomic E-state index is 0.759. The van der Waals surface area contributed by atoms with E-state index < -0.39 is 5.41 Å². The van der Waals surface area contributed by atoms with Gasteiger partial charge in [-0.2, -0.15) is 0 Å². The molecule has 0 unspecified atom stereocenters. The third kappa shape index (κ3) is 12.4. The van der Waals surface area contributed by atoms with Crippen molar-refractivity contribution in [3.8, 4) is 68.2 Å². The zero-order valence-corrected chi connectivity index (χ0v) is 56.5. The van der Waals surface area contributed by atoms with Gasteiger partial charge in [-0.25, -0.2) is 0 Å². The molecule has 0 aromatic heterocycles. The van der Waals surface area contributed by atoms with Crippen LogP contribution in [0.4, 0.5) is 11.4 Å². The molecule has 2 aliphatic rings. The van der Waals surface area contributed by atoms with Gasteiger partial charge in [-0.1, -0.05) is 158 Å². The van der Waals surface area contributed by atoms with Gasteiger partial charge in [-0.05, 0) is 210 Å². The van der Waals surface area contributed by atoms with Gasteiger partial charge >= 0.3 is 0 Å². The van der Waals surface area contributed by atoms with Crippen molar-refractivity contribution in [3.63, 3.8) is 0 Å². The Morgan fingerprint density at radius 3 is 0.616 bits per heavy atom. The summed E-state index contributed by atoms with van der Waals surface area (Å²) < 4.78 is 45.9. The van der Waals surface area contributed by atoms with Crippen LogP contribution in [0.1, 0.15) is 66.8 Å². The lowest BCUT2D eigenvalue weighted by Crippen LogP contribution is -2.26. The van der Waals surface area contributed by atoms with Crippen molar-refractivity contribution in [2.45, 2.75) is 5.41 Å². The van der Waals surface area contributed by atoms with Gasteiger partial charge in [0.05, 0.1) is 62.3 Å². The molecule has 10 nitrogen and oxygen atoms in total. The molecule has 12 aromatic rings. The first-order chi connectivity index (χ1) is 48.6. The number of benzene rings is 12. The van der Waals surface area contributed by atoms with Crippen molar-refractivity contribution in [2.24, 2.45) is 0 Å². The van der Waals surface area contributed by atoms with Gasteiger partial charge in [0.25, 0.3) is 0 Å². The van der Waals surface area contributed by atoms with Crippen LogP contribution in [-0.4, -0.2) is 56.9 Å². The van der Waals surface area contributed by atoms with E-state index in [2.05, 4.69) is 217 Å². The molecule has 0 saturated carbocycles. The van der Waals surface area contributed by atoms with E-state index in [4.69, 9.17) is 37.9 Å². The fourth-order valence-electron chi connectivity index (χ4n) is 13.8. The number of methoxy groups -OCH3 is 8. The van der Waals surface area contributed by atoms with E-state index in [1.54, 1.807) is 56.9 Å². The smallest absolute Gasteiger partial charge is 0.118 e. The highest BCUT2D eigenvalue weighted by Gasteiger charge is 2.52. The summed E-state index contributed by atoms with van der Waals surface area (Å²) >= 11 is 0. The van der Waals surface area contributed by atoms with Crippen molar-refractivity contribution in [3.05, 3.63) is 371 Å². The first kappa shape index (κ1) is 64.0. The van der Waals surface area contributed by atoms with Crippen LogP contribution in [0, 0.1) is 0 Å². The molecule has 0 amide bonds. The Bertz CT molecular complexity index is 4260. The van der Waals surface area contributed by atoms with Crippen molar-refractivity contribution >= 4 is 33.7 Å². The molecule has 0 radical (unpaired) electrons. The lowest BCUT2D eigenvalue weighted by atomic mass is 9.70. The number of anilines is 2. The molecule has 12 aromatic carbocycles. The number of ether oxygens (including phenoxy) is 8. The molecule has 0 atom stereocenters. The average molecular weight is 1300 g/mol. The molecule has 14 rings (SSSR count). The highest BCUT2D eigenvalue weighted by Crippen LogP contribution is 2.64. The van der Waals surface area contributed by atoms with E-state index in [1.165, 1.54) is 22.3 Å². The minimum Gasteiger partial charge on any atom is -0.497 e. The Morgan fingerprint density at radius 1 is 0.222 bits per heavy atom. The SMILES string of the molecule is COc1ccc(C(=CN(C=C(c2ccc(OC)cc2)c2ccc(OC)cc2)c2ccc3c(c2)C2(c4ccccc4-c4ccccc42)c2cc(N(C=C(c4ccc(OC)cc4)c4ccc(OC)cc4)C=C(c4ccc(OC)cc4)c4ccc(OC)cc4)ccc2-3)c2ccc(OC)cc2)cc1. The largest absolute Gasteiger partial charge is 0.497 e. The van der Waals surface area contributed by atoms with Crippen LogP contribution in [0.15, 0.2) is 304 Å². The van der Waals surface area contributed by atoms with Crippen LogP contribution in [0.5, 0.6) is 46.0 Å². The van der Waals surface area contributed by atoms with Crippen LogP contribution in [0.3, 0.4) is 0 Å². The maximum Gasteiger partial charge on any atom is 0.118 e. The van der Waals surface area contributed by atoms with Crippen LogP contribution in [-0.2, 0) is 5.41 Å². The zero-order valence-electron chi connectivity index (χ0n) is 56.5. The predicted octanol–water partition coefficient (Wildman–Crippen LogP) is 20.1. The summed E-state index contributed by atoms with van der Waals surface area (Å²) in [5.74, 6) is 6.07. The second-order valence-corrected chi connectivity index (χ2v) is 24.1. The number of nitrogens with zero attached hydrogens (tertiary/aromatic N) is 2. The number of fused-ring (bicyclic) bond motifs is 10. The Hall–Kier alpha value is -12.4. The molecule has 2 aliphatic carbocycles. The molecule has 0 N–H and O–H groups in total. The van der Waals surface area contributed by atoms with Crippen LogP contribution in [0.25, 0.3) is 44.5 Å². The number of rotatable bonds is 22. The topological polar surface area (TPSA) is 80.3 Å². The normalized spacial score (nSPS) is 11.7. The Balaban J connectivity index is 1.05. The van der Waals surface area contributed by atoms with E-state index in [9.17, 15) is 0 Å². The molecule has 0 heterocycles. The van der Waals surface area contributed by atoms with E-state index in [0.717, 1.165) is 146 Å². The van der Waals surface area contributed by atoms with Crippen molar-refractivity contribution < 1.29 is 37.9 Å². The quantitative estimate of drug-likeness (QED) is 0.0655. The molecule has 0 aliphatic heterocycles. The molecule has 0 saturated heterocycles. The standard InChI is InChI=1S/C89H74N2O8/c1-92-69-35-17-59(18-36-69)81(60-19-37-70(93-2)38-20-60)55-90(56-82(61-21-39-71(94-3)40-22-61)62-23-41-72(95-4)42-24-62)67-33-51-79-80-52-34-68(54-88(80)89(87(79)53-67)85-15-11-9-13-77(85)78-14-10-12-16-86(78)89)91(57-83(63-25-43-73(96-5)44-26-63)64-27-45-74(97-6)46-28-64)58-84(65-29-47-75(98-7)48-30-65)66-31-49-76(99-8)50-32-66/h9-58H,1-8H3. The average Bonchev–Trinajstić information content (AvgIpc) is 1.51. The van der Waals surface area contributed by atoms with Gasteiger partial charge in [0.15, 0.2) is 0 Å². The van der Waals surface area contributed by atoms with Crippen LogP contribution < -0.4 is 47.7 Å². The maximum absolute atomic E-state index is 5.74. The highest BCUT2D eigenvalue weighted by molar-refractivity contribution is 5.98. The second-order valence-electron chi connectivity index (χ2n) is 24.1. The third-order valence-electron chi connectivity index (χ3n) is 18.9. The lowest BCUT2D eigenvalue weighted by molar-refractivity contribution is 0.414. The van der Waals surface area contributed by atoms with Crippen LogP contribution >= 0.6 is 0 Å². The summed E-state index contributed by atoms with van der Waals surface area (Å²) in [5, 5.41) is 0. The Kier molecular flexibility index (Phi) is 18.2. The van der Waals surface area contributed by atoms with Gasteiger partial charge in [0.1, 0.15) is 46.0 Å². The molecule has 1 spiro atoms. The molecular weight excluding hydrogens is 1220 g/mol. The molecule has 0 bridgehead atoms. The molecule has 488 valence electrons. The maximum atomic E-state index is 5.74. The van der Waals surface area contributed by atoms with Gasteiger partial charge in [0, 0.05) is 58.5 Å². The molecule has 10 heteroatoms. The molecular formula is C89H74N2O8. The van der Waals surface area contributed by atoms with Gasteiger partial charge in [-0.3, -0.25) is 0 Å². The zero-order chi connectivity index (χ0) is 68.0. The molecule has 0 fully saturated rings. The highest BCUT2D eigenvalue weighted by atomic mass is 16.5. The third-order valence-corrected chi connectivity index (χ3v) is 18.9. The van der Waals surface area contributed by atoms with Crippen LogP contribution in [0.2, 0.25) is 0 Å². The molecule has 99 heavy (non-hydrogen) atoms. The monoisotopic (exact) mass is 1300 g/mol. The summed E-state index contributed by atoms with van der Waals surface area (Å²) in [6.45, 7) is 0. The van der Waals surface area contributed by atoms with E-state index >= 15 is 0 Å². The Morgan fingerprint density at radius 2 is 0.414 bits per heavy atom. The summed E-state index contributed by atoms with van der Waals surface area (Å²) in [5.41, 5.74) is 22.1. The summed E-state index contributed by atoms with van der Waals surface area (Å²) in [7, 11) is 13.6. The van der Waals surface area contributed by atoms with Gasteiger partial charge in [0.2, 0.25) is 0 Å². The van der Waals surface area contributed by atoms with Crippen molar-refractivity contribution in [1.29, 1.82) is 0 Å². The van der Waals surface area contributed by atoms with Gasteiger partial charge in [-0.15, -0.1) is 0 Å². The van der Waals surface area contributed by atoms with E-state index in [-0.39, 0.29) is 0 Å². The first-order valence-corrected chi connectivity index (χ1v) is 32.7. The fourth-order valence-corrected chi connectivity index (χ4v) is 13.8. The van der Waals surface area contributed by atoms with Crippen molar-refractivity contribution in [2.75, 3.05) is 66.7 Å². The summed E-state index contributed by atoms with van der Waals surface area (Å²) in [4.78, 5) is 4.58. The number of hydrogen-bond acceptors (Lipinski definition) is 10. The predicted molar refractivity (Wildman–Crippen MR) is 400 cm³/mol.